The van der Waals surface area contributed by atoms with Crippen LogP contribution >= 0.6 is 0 Å². The monoisotopic (exact) mass is 284 g/mol. The van der Waals surface area contributed by atoms with Crippen LogP contribution in [0.5, 0.6) is 0 Å². The molecule has 0 spiro atoms. The highest BCUT2D eigenvalue weighted by molar-refractivity contribution is 5.37. The number of hydrogen-bond donors (Lipinski definition) is 1. The molecule has 0 amide bonds. The van der Waals surface area contributed by atoms with Crippen LogP contribution in [0.4, 0.5) is 14.5 Å². The smallest absolute Gasteiger partial charge is 0.305 e. The van der Waals surface area contributed by atoms with E-state index >= 15 is 0 Å². The Kier molecular flexibility index (Phi) is 4.65. The molecule has 1 saturated carbocycles. The zero-order chi connectivity index (χ0) is 14.7. The fourth-order valence-electron chi connectivity index (χ4n) is 2.75. The summed E-state index contributed by atoms with van der Waals surface area (Å²) in [5, 5.41) is 13.8. The standard InChI is InChI=1S/C14H18F2N2O2/c1-9(10-4-2-3-5-10)17-8-11-6-14(18(19)20)13(16)7-12(11)15/h6-7,9-10,17H,2-5,8H2,1H3/t9-/m0/s1. The summed E-state index contributed by atoms with van der Waals surface area (Å²) in [5.41, 5.74) is -0.556. The number of nitro groups is 1. The van der Waals surface area contributed by atoms with Crippen LogP contribution in [-0.2, 0) is 6.54 Å². The maximum absolute atomic E-state index is 13.6. The van der Waals surface area contributed by atoms with E-state index < -0.39 is 22.2 Å². The van der Waals surface area contributed by atoms with Crippen molar-refractivity contribution >= 4 is 5.69 Å². The third-order valence-corrected chi connectivity index (χ3v) is 4.03. The van der Waals surface area contributed by atoms with Crippen molar-refractivity contribution in [2.24, 2.45) is 5.92 Å². The number of halogens is 2. The van der Waals surface area contributed by atoms with Crippen LogP contribution in [0.15, 0.2) is 12.1 Å². The molecule has 1 N–H and O–H groups in total. The van der Waals surface area contributed by atoms with E-state index in [1.165, 1.54) is 12.8 Å². The Bertz CT molecular complexity index is 502. The number of benzene rings is 1. The highest BCUT2D eigenvalue weighted by atomic mass is 19.1. The normalized spacial score (nSPS) is 17.4. The van der Waals surface area contributed by atoms with Gasteiger partial charge in [-0.2, -0.15) is 4.39 Å². The van der Waals surface area contributed by atoms with Crippen molar-refractivity contribution in [1.29, 1.82) is 0 Å². The minimum atomic E-state index is -1.14. The summed E-state index contributed by atoms with van der Waals surface area (Å²) in [6, 6.07) is 1.77. The molecule has 1 fully saturated rings. The van der Waals surface area contributed by atoms with Crippen molar-refractivity contribution in [3.05, 3.63) is 39.4 Å². The van der Waals surface area contributed by atoms with Crippen molar-refractivity contribution in [3.63, 3.8) is 0 Å². The summed E-state index contributed by atoms with van der Waals surface area (Å²) in [7, 11) is 0. The molecule has 1 aromatic carbocycles. The van der Waals surface area contributed by atoms with Gasteiger partial charge in [-0.3, -0.25) is 10.1 Å². The summed E-state index contributed by atoms with van der Waals surface area (Å²) >= 11 is 0. The zero-order valence-electron chi connectivity index (χ0n) is 11.4. The fourth-order valence-corrected chi connectivity index (χ4v) is 2.75. The summed E-state index contributed by atoms with van der Waals surface area (Å²) < 4.78 is 26.8. The van der Waals surface area contributed by atoms with E-state index in [4.69, 9.17) is 0 Å². The zero-order valence-corrected chi connectivity index (χ0v) is 11.4. The molecule has 2 rings (SSSR count). The highest BCUT2D eigenvalue weighted by Crippen LogP contribution is 2.28. The molecule has 20 heavy (non-hydrogen) atoms. The molecule has 1 aromatic rings. The van der Waals surface area contributed by atoms with Crippen LogP contribution in [-0.4, -0.2) is 11.0 Å². The van der Waals surface area contributed by atoms with Crippen LogP contribution < -0.4 is 5.32 Å². The number of nitrogens with one attached hydrogen (secondary N) is 1. The van der Waals surface area contributed by atoms with E-state index in [2.05, 4.69) is 5.32 Å². The molecule has 1 atom stereocenters. The molecular formula is C14H18F2N2O2. The second kappa shape index (κ2) is 6.26. The lowest BCUT2D eigenvalue weighted by molar-refractivity contribution is -0.387. The molecule has 0 heterocycles. The van der Waals surface area contributed by atoms with E-state index in [-0.39, 0.29) is 18.2 Å². The van der Waals surface area contributed by atoms with Crippen LogP contribution in [0.3, 0.4) is 0 Å². The molecule has 0 radical (unpaired) electrons. The van der Waals surface area contributed by atoms with E-state index in [0.29, 0.717) is 12.0 Å². The van der Waals surface area contributed by atoms with Gasteiger partial charge in [0.2, 0.25) is 5.82 Å². The molecular weight excluding hydrogens is 266 g/mol. The number of hydrogen-bond acceptors (Lipinski definition) is 3. The SMILES string of the molecule is C[C@H](NCc1cc([N+](=O)[O-])c(F)cc1F)C1CCCC1. The van der Waals surface area contributed by atoms with Crippen molar-refractivity contribution < 1.29 is 13.7 Å². The van der Waals surface area contributed by atoms with Gasteiger partial charge in [0.25, 0.3) is 0 Å². The first-order valence-electron chi connectivity index (χ1n) is 6.84. The minimum Gasteiger partial charge on any atom is -0.310 e. The van der Waals surface area contributed by atoms with Gasteiger partial charge in [0.05, 0.1) is 4.92 Å². The van der Waals surface area contributed by atoms with Crippen LogP contribution in [0.25, 0.3) is 0 Å². The van der Waals surface area contributed by atoms with E-state index in [9.17, 15) is 18.9 Å². The Hall–Kier alpha value is -1.56. The quantitative estimate of drug-likeness (QED) is 0.664. The lowest BCUT2D eigenvalue weighted by Crippen LogP contribution is -2.32. The first-order valence-corrected chi connectivity index (χ1v) is 6.84. The number of rotatable bonds is 5. The number of nitrogens with zero attached hydrogens (tertiary/aromatic N) is 1. The molecule has 0 bridgehead atoms. The van der Waals surface area contributed by atoms with Crippen molar-refractivity contribution in [2.45, 2.75) is 45.2 Å². The van der Waals surface area contributed by atoms with Gasteiger partial charge >= 0.3 is 5.69 Å². The van der Waals surface area contributed by atoms with E-state index in [1.807, 2.05) is 6.92 Å². The van der Waals surface area contributed by atoms with Gasteiger partial charge < -0.3 is 5.32 Å². The van der Waals surface area contributed by atoms with Gasteiger partial charge in [0, 0.05) is 30.3 Å². The lowest BCUT2D eigenvalue weighted by atomic mass is 9.99. The number of nitro benzene ring substituents is 1. The van der Waals surface area contributed by atoms with Crippen molar-refractivity contribution in [2.75, 3.05) is 0 Å². The molecule has 6 heteroatoms. The molecule has 0 aromatic heterocycles. The lowest BCUT2D eigenvalue weighted by Gasteiger charge is -2.20. The third-order valence-electron chi connectivity index (χ3n) is 4.03. The predicted molar refractivity (Wildman–Crippen MR) is 71.3 cm³/mol. The van der Waals surface area contributed by atoms with Crippen LogP contribution in [0.1, 0.15) is 38.2 Å². The topological polar surface area (TPSA) is 55.2 Å². The van der Waals surface area contributed by atoms with Gasteiger partial charge in [-0.15, -0.1) is 0 Å². The average Bonchev–Trinajstić information content (AvgIpc) is 2.90. The Morgan fingerprint density at radius 1 is 1.35 bits per heavy atom. The van der Waals surface area contributed by atoms with Crippen LogP contribution in [0, 0.1) is 27.7 Å². The molecule has 110 valence electrons. The predicted octanol–water partition coefficient (Wildman–Crippen LogP) is 3.54. The van der Waals surface area contributed by atoms with Gasteiger partial charge in [0.1, 0.15) is 5.82 Å². The van der Waals surface area contributed by atoms with Crippen LogP contribution in [0.2, 0.25) is 0 Å². The average molecular weight is 284 g/mol. The minimum absolute atomic E-state index is 0.128. The van der Waals surface area contributed by atoms with E-state index in [1.54, 1.807) is 0 Å². The van der Waals surface area contributed by atoms with Crippen molar-refractivity contribution in [1.82, 2.24) is 5.32 Å². The van der Waals surface area contributed by atoms with Gasteiger partial charge in [-0.1, -0.05) is 12.8 Å². The van der Waals surface area contributed by atoms with Gasteiger partial charge in [-0.25, -0.2) is 4.39 Å². The molecule has 1 aliphatic carbocycles. The Morgan fingerprint density at radius 2 is 2.00 bits per heavy atom. The first kappa shape index (κ1) is 14.8. The molecule has 0 aliphatic heterocycles. The summed E-state index contributed by atoms with van der Waals surface area (Å²) in [6.45, 7) is 2.20. The molecule has 0 saturated heterocycles. The van der Waals surface area contributed by atoms with E-state index in [0.717, 1.165) is 18.9 Å². The maximum Gasteiger partial charge on any atom is 0.305 e. The third kappa shape index (κ3) is 3.30. The largest absolute Gasteiger partial charge is 0.310 e. The molecule has 4 nitrogen and oxygen atoms in total. The Morgan fingerprint density at radius 3 is 2.60 bits per heavy atom. The van der Waals surface area contributed by atoms with Gasteiger partial charge in [0.15, 0.2) is 0 Å². The second-order valence-electron chi connectivity index (χ2n) is 5.37. The van der Waals surface area contributed by atoms with Crippen molar-refractivity contribution in [3.8, 4) is 0 Å². The maximum atomic E-state index is 13.6. The Labute approximate surface area is 116 Å². The first-order chi connectivity index (χ1) is 9.49. The fraction of sp³-hybridized carbons (Fsp3) is 0.571. The highest BCUT2D eigenvalue weighted by Gasteiger charge is 2.22. The van der Waals surface area contributed by atoms with Gasteiger partial charge in [-0.05, 0) is 25.7 Å². The molecule has 0 unspecified atom stereocenters. The molecule has 1 aliphatic rings. The second-order valence-corrected chi connectivity index (χ2v) is 5.37. The Balaban J connectivity index is 2.05. The summed E-state index contributed by atoms with van der Waals surface area (Å²) in [4.78, 5) is 9.82. The summed E-state index contributed by atoms with van der Waals surface area (Å²) in [6.07, 6.45) is 4.74. The summed E-state index contributed by atoms with van der Waals surface area (Å²) in [5.74, 6) is -1.33.